The Balaban J connectivity index is 2.55. The van der Waals surface area contributed by atoms with E-state index in [2.05, 4.69) is 11.2 Å². The quantitative estimate of drug-likeness (QED) is 0.605. The Morgan fingerprint density at radius 2 is 2.35 bits per heavy atom. The molecule has 0 bridgehead atoms. The third-order valence-corrected chi connectivity index (χ3v) is 1.84. The Morgan fingerprint density at radius 1 is 1.59 bits per heavy atom. The number of benzene rings is 1. The summed E-state index contributed by atoms with van der Waals surface area (Å²) < 4.78 is 18.2. The number of carbonyl (C=O) groups excluding carboxylic acids is 2. The summed E-state index contributed by atoms with van der Waals surface area (Å²) >= 11 is 0. The van der Waals surface area contributed by atoms with Gasteiger partial charge in [-0.25, -0.2) is 4.39 Å². The summed E-state index contributed by atoms with van der Waals surface area (Å²) in [4.78, 5) is 21.5. The SMILES string of the molecule is C#CCNC(=O)COc1ccc(C=O)cc1F. The molecule has 0 unspecified atom stereocenters. The lowest BCUT2D eigenvalue weighted by molar-refractivity contribution is -0.122. The van der Waals surface area contributed by atoms with E-state index in [-0.39, 0.29) is 24.5 Å². The van der Waals surface area contributed by atoms with Crippen molar-refractivity contribution in [2.75, 3.05) is 13.2 Å². The van der Waals surface area contributed by atoms with Gasteiger partial charge in [-0.3, -0.25) is 9.59 Å². The highest BCUT2D eigenvalue weighted by atomic mass is 19.1. The van der Waals surface area contributed by atoms with Gasteiger partial charge in [0.2, 0.25) is 0 Å². The lowest BCUT2D eigenvalue weighted by Crippen LogP contribution is -2.29. The van der Waals surface area contributed by atoms with E-state index in [9.17, 15) is 14.0 Å². The van der Waals surface area contributed by atoms with E-state index in [1.165, 1.54) is 12.1 Å². The summed E-state index contributed by atoms with van der Waals surface area (Å²) in [7, 11) is 0. The maximum absolute atomic E-state index is 13.3. The van der Waals surface area contributed by atoms with Crippen LogP contribution in [0.2, 0.25) is 0 Å². The van der Waals surface area contributed by atoms with E-state index in [4.69, 9.17) is 11.2 Å². The van der Waals surface area contributed by atoms with Crippen molar-refractivity contribution in [2.24, 2.45) is 0 Å². The first-order chi connectivity index (χ1) is 8.17. The van der Waals surface area contributed by atoms with Gasteiger partial charge in [0, 0.05) is 5.56 Å². The van der Waals surface area contributed by atoms with E-state index < -0.39 is 11.7 Å². The number of ether oxygens (including phenoxy) is 1. The molecule has 0 heterocycles. The molecule has 5 heteroatoms. The molecule has 1 N–H and O–H groups in total. The van der Waals surface area contributed by atoms with Gasteiger partial charge in [-0.05, 0) is 18.2 Å². The summed E-state index contributed by atoms with van der Waals surface area (Å²) in [5, 5.41) is 2.37. The van der Waals surface area contributed by atoms with Gasteiger partial charge in [0.15, 0.2) is 18.2 Å². The van der Waals surface area contributed by atoms with Gasteiger partial charge in [0.1, 0.15) is 6.29 Å². The molecule has 0 aliphatic rings. The third kappa shape index (κ3) is 3.95. The molecule has 1 rings (SSSR count). The number of nitrogens with one attached hydrogen (secondary N) is 1. The van der Waals surface area contributed by atoms with Crippen LogP contribution in [0.25, 0.3) is 0 Å². The van der Waals surface area contributed by atoms with Gasteiger partial charge in [-0.2, -0.15) is 0 Å². The normalized spacial score (nSPS) is 9.18. The lowest BCUT2D eigenvalue weighted by Gasteiger charge is -2.06. The second-order valence-corrected chi connectivity index (χ2v) is 3.08. The number of aldehydes is 1. The Kier molecular flexibility index (Phi) is 4.70. The van der Waals surface area contributed by atoms with Crippen molar-refractivity contribution in [2.45, 2.75) is 0 Å². The highest BCUT2D eigenvalue weighted by molar-refractivity contribution is 5.78. The molecule has 17 heavy (non-hydrogen) atoms. The first-order valence-corrected chi connectivity index (χ1v) is 4.75. The van der Waals surface area contributed by atoms with Crippen molar-refractivity contribution in [3.05, 3.63) is 29.6 Å². The highest BCUT2D eigenvalue weighted by Crippen LogP contribution is 2.17. The average Bonchev–Trinajstić information content (AvgIpc) is 2.34. The summed E-state index contributed by atoms with van der Waals surface area (Å²) in [5.41, 5.74) is 0.201. The number of rotatable bonds is 5. The molecule has 0 fully saturated rings. The van der Waals surface area contributed by atoms with Crippen LogP contribution in [-0.2, 0) is 4.79 Å². The Morgan fingerprint density at radius 3 is 2.94 bits per heavy atom. The molecule has 4 nitrogen and oxygen atoms in total. The molecule has 0 radical (unpaired) electrons. The zero-order chi connectivity index (χ0) is 12.7. The molecule has 0 saturated heterocycles. The number of hydrogen-bond donors (Lipinski definition) is 1. The third-order valence-electron chi connectivity index (χ3n) is 1.84. The summed E-state index contributed by atoms with van der Waals surface area (Å²) in [6, 6.07) is 3.71. The van der Waals surface area contributed by atoms with Crippen LogP contribution in [0.5, 0.6) is 5.75 Å². The molecule has 1 aromatic rings. The molecule has 0 aromatic heterocycles. The summed E-state index contributed by atoms with van der Waals surface area (Å²) in [6.07, 6.45) is 5.46. The number of amides is 1. The fourth-order valence-electron chi connectivity index (χ4n) is 1.05. The van der Waals surface area contributed by atoms with Gasteiger partial charge in [0.25, 0.3) is 5.91 Å². The first-order valence-electron chi connectivity index (χ1n) is 4.75. The van der Waals surface area contributed by atoms with Crippen LogP contribution in [-0.4, -0.2) is 25.3 Å². The Bertz CT molecular complexity index is 465. The minimum Gasteiger partial charge on any atom is -0.481 e. The molecule has 0 aliphatic heterocycles. The number of hydrogen-bond acceptors (Lipinski definition) is 3. The van der Waals surface area contributed by atoms with Crippen molar-refractivity contribution < 1.29 is 18.7 Å². The van der Waals surface area contributed by atoms with Crippen molar-refractivity contribution in [1.82, 2.24) is 5.32 Å². The summed E-state index contributed by atoms with van der Waals surface area (Å²) in [5.74, 6) is 0.994. The Hall–Kier alpha value is -2.35. The number of carbonyl (C=O) groups is 2. The molecular formula is C12H10FNO3. The zero-order valence-corrected chi connectivity index (χ0v) is 8.90. The highest BCUT2D eigenvalue weighted by Gasteiger charge is 2.07. The van der Waals surface area contributed by atoms with Crippen LogP contribution in [0.1, 0.15) is 10.4 Å². The maximum atomic E-state index is 13.3. The van der Waals surface area contributed by atoms with E-state index in [1.54, 1.807) is 0 Å². The second kappa shape index (κ2) is 6.28. The second-order valence-electron chi connectivity index (χ2n) is 3.08. The smallest absolute Gasteiger partial charge is 0.258 e. The number of terminal acetylenes is 1. The lowest BCUT2D eigenvalue weighted by atomic mass is 10.2. The Labute approximate surface area is 97.8 Å². The molecule has 0 aliphatic carbocycles. The van der Waals surface area contributed by atoms with Gasteiger partial charge in [-0.15, -0.1) is 6.42 Å². The monoisotopic (exact) mass is 235 g/mol. The minimum absolute atomic E-state index is 0.0912. The average molecular weight is 235 g/mol. The fourth-order valence-corrected chi connectivity index (χ4v) is 1.05. The van der Waals surface area contributed by atoms with Crippen LogP contribution in [0.15, 0.2) is 18.2 Å². The zero-order valence-electron chi connectivity index (χ0n) is 8.90. The van der Waals surface area contributed by atoms with E-state index >= 15 is 0 Å². The molecule has 0 atom stereocenters. The first kappa shape index (κ1) is 12.7. The van der Waals surface area contributed by atoms with Crippen LogP contribution in [0.4, 0.5) is 4.39 Å². The van der Waals surface area contributed by atoms with E-state index in [1.807, 2.05) is 0 Å². The van der Waals surface area contributed by atoms with E-state index in [0.29, 0.717) is 6.29 Å². The number of halogens is 1. The van der Waals surface area contributed by atoms with Crippen molar-refractivity contribution in [3.63, 3.8) is 0 Å². The fraction of sp³-hybridized carbons (Fsp3) is 0.167. The maximum Gasteiger partial charge on any atom is 0.258 e. The predicted molar refractivity (Wildman–Crippen MR) is 59.1 cm³/mol. The van der Waals surface area contributed by atoms with Crippen molar-refractivity contribution >= 4 is 12.2 Å². The summed E-state index contributed by atoms with van der Waals surface area (Å²) in [6.45, 7) is -0.242. The van der Waals surface area contributed by atoms with Crippen LogP contribution in [0, 0.1) is 18.2 Å². The van der Waals surface area contributed by atoms with Crippen molar-refractivity contribution in [3.8, 4) is 18.1 Å². The topological polar surface area (TPSA) is 55.4 Å². The standard InChI is InChI=1S/C12H10FNO3/c1-2-5-14-12(16)8-17-11-4-3-9(7-15)6-10(11)13/h1,3-4,6-7H,5,8H2,(H,14,16). The molecular weight excluding hydrogens is 225 g/mol. The minimum atomic E-state index is -0.695. The van der Waals surface area contributed by atoms with Crippen molar-refractivity contribution in [1.29, 1.82) is 0 Å². The molecule has 88 valence electrons. The largest absolute Gasteiger partial charge is 0.481 e. The molecule has 0 saturated carbocycles. The van der Waals surface area contributed by atoms with Crippen LogP contribution < -0.4 is 10.1 Å². The molecule has 0 spiro atoms. The predicted octanol–water partition coefficient (Wildman–Crippen LogP) is 0.766. The van der Waals surface area contributed by atoms with Gasteiger partial charge in [-0.1, -0.05) is 5.92 Å². The van der Waals surface area contributed by atoms with Gasteiger partial charge < -0.3 is 10.1 Å². The molecule has 1 aromatic carbocycles. The van der Waals surface area contributed by atoms with Crippen LogP contribution >= 0.6 is 0 Å². The van der Waals surface area contributed by atoms with Gasteiger partial charge in [0.05, 0.1) is 6.54 Å². The van der Waals surface area contributed by atoms with E-state index in [0.717, 1.165) is 6.07 Å². The molecule has 1 amide bonds. The van der Waals surface area contributed by atoms with Crippen LogP contribution in [0.3, 0.4) is 0 Å². The van der Waals surface area contributed by atoms with Gasteiger partial charge >= 0.3 is 0 Å².